The van der Waals surface area contributed by atoms with Crippen LogP contribution in [-0.4, -0.2) is 4.86 Å². The summed E-state index contributed by atoms with van der Waals surface area (Å²) in [5.41, 5.74) is 4.28. The lowest BCUT2D eigenvalue weighted by Crippen LogP contribution is -2.12. The molecule has 0 spiro atoms. The van der Waals surface area contributed by atoms with Crippen molar-refractivity contribution in [2.24, 2.45) is 5.41 Å². The Hall–Kier alpha value is -0.330. The van der Waals surface area contributed by atoms with Crippen molar-refractivity contribution in [1.82, 2.24) is 0 Å². The van der Waals surface area contributed by atoms with E-state index in [1.807, 2.05) is 43.2 Å². The number of thiocarbonyl (C=S) groups is 1. The summed E-state index contributed by atoms with van der Waals surface area (Å²) >= 11 is 5.99. The molecule has 0 amide bonds. The zero-order valence-corrected chi connectivity index (χ0v) is 19.8. The molecule has 1 fully saturated rings. The van der Waals surface area contributed by atoms with Gasteiger partial charge in [-0.3, -0.25) is 0 Å². The lowest BCUT2D eigenvalue weighted by atomic mass is 9.88. The van der Waals surface area contributed by atoms with Gasteiger partial charge in [0.05, 0.1) is 0 Å². The topological polar surface area (TPSA) is 0 Å². The quantitative estimate of drug-likeness (QED) is 0.239. The van der Waals surface area contributed by atoms with Gasteiger partial charge < -0.3 is 0 Å². The van der Waals surface area contributed by atoms with Crippen molar-refractivity contribution in [3.63, 3.8) is 0 Å². The maximum Gasteiger partial charge on any atom is 0.0464 e. The first-order valence-corrected chi connectivity index (χ1v) is 13.8. The summed E-state index contributed by atoms with van der Waals surface area (Å²) in [7, 11) is 7.53. The van der Waals surface area contributed by atoms with E-state index in [-0.39, 0.29) is 5.41 Å². The summed E-state index contributed by atoms with van der Waals surface area (Å²) in [4.78, 5) is 6.64. The van der Waals surface area contributed by atoms with Gasteiger partial charge in [0.25, 0.3) is 0 Å². The van der Waals surface area contributed by atoms with Crippen molar-refractivity contribution in [1.29, 1.82) is 0 Å². The highest BCUT2D eigenvalue weighted by molar-refractivity contribution is 8.82. The Labute approximate surface area is 183 Å². The predicted octanol–water partition coefficient (Wildman–Crippen LogP) is 8.81. The van der Waals surface area contributed by atoms with Gasteiger partial charge in [0, 0.05) is 24.5 Å². The molecule has 1 aromatic rings. The fourth-order valence-corrected chi connectivity index (χ4v) is 9.30. The van der Waals surface area contributed by atoms with Crippen LogP contribution >= 0.6 is 55.4 Å². The monoisotopic (exact) mass is 446 g/mol. The summed E-state index contributed by atoms with van der Waals surface area (Å²) in [6.07, 6.45) is 8.13. The average Bonchev–Trinajstić information content (AvgIpc) is 3.32. The molecule has 4 rings (SSSR count). The van der Waals surface area contributed by atoms with E-state index in [1.54, 1.807) is 0 Å². The van der Waals surface area contributed by atoms with Gasteiger partial charge in [-0.1, -0.05) is 106 Å². The molecule has 1 aliphatic carbocycles. The molecule has 5 heteroatoms. The fourth-order valence-electron chi connectivity index (χ4n) is 3.19. The van der Waals surface area contributed by atoms with E-state index in [0.29, 0.717) is 0 Å². The Balaban J connectivity index is 1.66. The van der Waals surface area contributed by atoms with E-state index < -0.39 is 0 Å². The van der Waals surface area contributed by atoms with Crippen LogP contribution in [-0.2, 0) is 0 Å². The smallest absolute Gasteiger partial charge is 0.0464 e. The third-order valence-corrected chi connectivity index (χ3v) is 10.6. The molecule has 0 aromatic heterocycles. The van der Waals surface area contributed by atoms with Gasteiger partial charge in [0.2, 0.25) is 0 Å². The molecule has 0 radical (unpaired) electrons. The number of allylic oxidation sites excluding steroid dienone is 5. The second-order valence-corrected chi connectivity index (χ2v) is 12.7. The zero-order valence-electron chi connectivity index (χ0n) is 15.7. The largest absolute Gasteiger partial charge is 0.0794 e. The van der Waals surface area contributed by atoms with Crippen LogP contribution in [0.15, 0.2) is 68.3 Å². The van der Waals surface area contributed by atoms with Crippen LogP contribution in [0.3, 0.4) is 0 Å². The van der Waals surface area contributed by atoms with E-state index in [2.05, 4.69) is 63.3 Å². The van der Waals surface area contributed by atoms with Crippen molar-refractivity contribution in [3.05, 3.63) is 73.9 Å². The standard InChI is InChI=1S/C22H22S5/c1-22(2,3)20-13-19(26-27-20)16-11-7-10-15(21(16)23)18-12-17(24-25-18)14-8-5-4-6-9-14/h4-6,8-9,12-13H,7,10-11H2,1-3H3/b18-15+,19-16-. The Morgan fingerprint density at radius 3 is 2.07 bits per heavy atom. The van der Waals surface area contributed by atoms with Gasteiger partial charge >= 0.3 is 0 Å². The van der Waals surface area contributed by atoms with Crippen LogP contribution in [0.5, 0.6) is 0 Å². The van der Waals surface area contributed by atoms with Crippen molar-refractivity contribution >= 4 is 65.2 Å². The number of rotatable bonds is 1. The molecule has 1 saturated carbocycles. The second-order valence-electron chi connectivity index (χ2n) is 7.83. The van der Waals surface area contributed by atoms with Crippen LogP contribution in [0.1, 0.15) is 45.6 Å². The van der Waals surface area contributed by atoms with E-state index in [1.165, 1.54) is 42.8 Å². The minimum atomic E-state index is 0.211. The molecule has 0 N–H and O–H groups in total. The van der Waals surface area contributed by atoms with Crippen LogP contribution in [0.4, 0.5) is 0 Å². The van der Waals surface area contributed by atoms with Gasteiger partial charge in [-0.25, -0.2) is 0 Å². The molecule has 2 heterocycles. The van der Waals surface area contributed by atoms with E-state index in [4.69, 9.17) is 12.2 Å². The third-order valence-electron chi connectivity index (χ3n) is 4.76. The summed E-state index contributed by atoms with van der Waals surface area (Å²) in [5.74, 6) is 0. The van der Waals surface area contributed by atoms with Gasteiger partial charge in [0.1, 0.15) is 0 Å². The molecule has 27 heavy (non-hydrogen) atoms. The summed E-state index contributed by atoms with van der Waals surface area (Å²) in [6, 6.07) is 10.7. The fraction of sp³-hybridized carbons (Fsp3) is 0.318. The Morgan fingerprint density at radius 2 is 1.44 bits per heavy atom. The lowest BCUT2D eigenvalue weighted by molar-refractivity contribution is 0.534. The summed E-state index contributed by atoms with van der Waals surface area (Å²) in [5, 5.41) is 0. The molecule has 1 aromatic carbocycles. The highest BCUT2D eigenvalue weighted by atomic mass is 33.1. The molecular formula is C22H22S5. The zero-order chi connectivity index (χ0) is 19.0. The van der Waals surface area contributed by atoms with Gasteiger partial charge in [-0.15, -0.1) is 0 Å². The molecule has 0 saturated heterocycles. The van der Waals surface area contributed by atoms with Crippen LogP contribution in [0.2, 0.25) is 0 Å². The molecule has 3 aliphatic rings. The Bertz CT molecular complexity index is 894. The second kappa shape index (κ2) is 8.19. The van der Waals surface area contributed by atoms with Crippen molar-refractivity contribution < 1.29 is 0 Å². The van der Waals surface area contributed by atoms with Crippen LogP contribution in [0, 0.1) is 5.41 Å². The summed E-state index contributed by atoms with van der Waals surface area (Å²) < 4.78 is 0. The molecular weight excluding hydrogens is 425 g/mol. The maximum atomic E-state index is 5.99. The van der Waals surface area contributed by atoms with E-state index in [0.717, 1.165) is 17.7 Å². The summed E-state index contributed by atoms with van der Waals surface area (Å²) in [6.45, 7) is 6.86. The first-order chi connectivity index (χ1) is 12.9. The van der Waals surface area contributed by atoms with Gasteiger partial charge in [-0.2, -0.15) is 0 Å². The molecule has 2 aliphatic heterocycles. The Kier molecular flexibility index (Phi) is 6.06. The Morgan fingerprint density at radius 1 is 0.815 bits per heavy atom. The molecule has 0 nitrogen and oxygen atoms in total. The molecule has 140 valence electrons. The molecule has 0 unspecified atom stereocenters. The van der Waals surface area contributed by atoms with E-state index >= 15 is 0 Å². The average molecular weight is 447 g/mol. The highest BCUT2D eigenvalue weighted by Gasteiger charge is 2.29. The first kappa shape index (κ1) is 20.0. The highest BCUT2D eigenvalue weighted by Crippen LogP contribution is 2.55. The molecule has 0 atom stereocenters. The van der Waals surface area contributed by atoms with Crippen LogP contribution < -0.4 is 0 Å². The SMILES string of the molecule is CC(C)(C)C1=C/C(=C2\CCC/C(=C3/C=C(c4ccccc4)SS3)C2=S)SS1. The van der Waals surface area contributed by atoms with E-state index in [9.17, 15) is 0 Å². The normalized spacial score (nSPS) is 26.4. The number of benzene rings is 1. The number of hydrogen-bond donors (Lipinski definition) is 0. The lowest BCUT2D eigenvalue weighted by Gasteiger charge is -2.21. The predicted molar refractivity (Wildman–Crippen MR) is 133 cm³/mol. The van der Waals surface area contributed by atoms with Gasteiger partial charge in [0.15, 0.2) is 0 Å². The molecule has 0 bridgehead atoms. The van der Waals surface area contributed by atoms with Gasteiger partial charge in [-0.05, 0) is 53.5 Å². The van der Waals surface area contributed by atoms with Crippen molar-refractivity contribution in [2.45, 2.75) is 40.0 Å². The number of hydrogen-bond acceptors (Lipinski definition) is 5. The maximum absolute atomic E-state index is 5.99. The minimum Gasteiger partial charge on any atom is -0.0794 e. The third kappa shape index (κ3) is 4.32. The van der Waals surface area contributed by atoms with Crippen molar-refractivity contribution in [2.75, 3.05) is 0 Å². The minimum absolute atomic E-state index is 0.211. The first-order valence-electron chi connectivity index (χ1n) is 9.13. The van der Waals surface area contributed by atoms with Crippen molar-refractivity contribution in [3.8, 4) is 0 Å². The van der Waals surface area contributed by atoms with Crippen LogP contribution in [0.25, 0.3) is 4.91 Å².